The summed E-state index contributed by atoms with van der Waals surface area (Å²) in [6.07, 6.45) is 7.26. The summed E-state index contributed by atoms with van der Waals surface area (Å²) < 4.78 is 8.97. The van der Waals surface area contributed by atoms with Gasteiger partial charge in [-0.2, -0.15) is 0 Å². The van der Waals surface area contributed by atoms with Crippen LogP contribution in [0.5, 0.6) is 0 Å². The zero-order chi connectivity index (χ0) is 30.0. The third-order valence-electron chi connectivity index (χ3n) is 6.80. The van der Waals surface area contributed by atoms with Gasteiger partial charge in [0, 0.05) is 54.7 Å². The van der Waals surface area contributed by atoms with Crippen molar-refractivity contribution in [3.8, 4) is 0 Å². The molecule has 1 aliphatic rings. The minimum atomic E-state index is -0.852. The summed E-state index contributed by atoms with van der Waals surface area (Å²) >= 11 is 6.91. The second-order valence-electron chi connectivity index (χ2n) is 11.1. The molecule has 0 unspecified atom stereocenters. The predicted octanol–water partition coefficient (Wildman–Crippen LogP) is 9.86. The average molecular weight is 693 g/mol. The lowest BCUT2D eigenvalue weighted by molar-refractivity contribution is 0.0543. The molecule has 1 saturated carbocycles. The van der Waals surface area contributed by atoms with Crippen molar-refractivity contribution < 1.29 is 19.4 Å². The van der Waals surface area contributed by atoms with Gasteiger partial charge in [-0.15, -0.1) is 0 Å². The molecule has 1 aliphatic carbocycles. The molecule has 3 heterocycles. The molecule has 216 valence electrons. The predicted molar refractivity (Wildman–Crippen MR) is 175 cm³/mol. The number of hydrogen-bond donors (Lipinski definition) is 3. The Bertz CT molecular complexity index is 1890. The fraction of sp³-hybridized carbons (Fsp3) is 0.212. The molecule has 0 amide bonds. The van der Waals surface area contributed by atoms with Crippen LogP contribution in [0, 0.1) is 0 Å². The van der Waals surface area contributed by atoms with Crippen molar-refractivity contribution >= 4 is 76.6 Å². The van der Waals surface area contributed by atoms with Crippen LogP contribution < -0.4 is 0 Å². The normalized spacial score (nSPS) is 12.9. The number of benzene rings is 3. The van der Waals surface area contributed by atoms with Crippen molar-refractivity contribution in [1.82, 2.24) is 14.5 Å². The molecule has 0 radical (unpaired) electrons. The first-order valence-electron chi connectivity index (χ1n) is 13.6. The fourth-order valence-electron chi connectivity index (χ4n) is 4.76. The van der Waals surface area contributed by atoms with Gasteiger partial charge in [0.2, 0.25) is 0 Å². The number of ether oxygens (including phenoxy) is 1. The summed E-state index contributed by atoms with van der Waals surface area (Å²) in [6, 6.07) is 21.7. The Hall–Kier alpha value is -3.82. The molecule has 6 aromatic rings. The number of aromatic nitrogens is 3. The van der Waals surface area contributed by atoms with Crippen LogP contribution >= 0.6 is 31.9 Å². The van der Waals surface area contributed by atoms with Gasteiger partial charge >= 0.3 is 12.1 Å². The smallest absolute Gasteiger partial charge is 0.418 e. The van der Waals surface area contributed by atoms with Gasteiger partial charge in [-0.3, -0.25) is 4.57 Å². The second kappa shape index (κ2) is 12.2. The summed E-state index contributed by atoms with van der Waals surface area (Å²) in [5, 5.41) is 12.2. The van der Waals surface area contributed by atoms with Gasteiger partial charge < -0.3 is 19.8 Å². The standard InChI is InChI=1S/C13H14BrNO2.C12H11NO2.C8H6BrN/c1-13(2,3)17-12(16)15-8-7-9-10(14)5-4-6-11(9)15;14-12(15)9-6-13-10-3-1-2-8(11(9)10)7-4-5-7;9-7-2-1-3-8-6(7)4-5-10-8/h4-8H,1-3H3;1-3,6-7,13H,4-5H2,(H,14,15);1-5,10H. The summed E-state index contributed by atoms with van der Waals surface area (Å²) in [5.74, 6) is -0.281. The molecule has 7 nitrogen and oxygen atoms in total. The van der Waals surface area contributed by atoms with E-state index in [1.807, 2.05) is 81.6 Å². The maximum Gasteiger partial charge on any atom is 0.418 e. The van der Waals surface area contributed by atoms with Crippen molar-refractivity contribution in [2.75, 3.05) is 0 Å². The summed E-state index contributed by atoms with van der Waals surface area (Å²) in [7, 11) is 0. The largest absolute Gasteiger partial charge is 0.478 e. The van der Waals surface area contributed by atoms with Gasteiger partial charge in [0.1, 0.15) is 5.60 Å². The van der Waals surface area contributed by atoms with Gasteiger partial charge in [0.15, 0.2) is 0 Å². The summed E-state index contributed by atoms with van der Waals surface area (Å²) in [4.78, 5) is 29.2. The fourth-order valence-corrected chi connectivity index (χ4v) is 5.75. The number of carboxylic acid groups (broad SMARTS) is 1. The molecule has 7 rings (SSSR count). The third-order valence-corrected chi connectivity index (χ3v) is 8.18. The van der Waals surface area contributed by atoms with Gasteiger partial charge in [0.25, 0.3) is 0 Å². The number of aromatic amines is 2. The minimum absolute atomic E-state index is 0.356. The number of hydrogen-bond acceptors (Lipinski definition) is 3. The number of carbonyl (C=O) groups is 2. The number of halogens is 2. The molecule has 0 aliphatic heterocycles. The van der Waals surface area contributed by atoms with Crippen LogP contribution in [-0.4, -0.2) is 37.3 Å². The van der Waals surface area contributed by atoms with Crippen molar-refractivity contribution in [2.24, 2.45) is 0 Å². The van der Waals surface area contributed by atoms with Crippen LogP contribution in [0.2, 0.25) is 0 Å². The first-order chi connectivity index (χ1) is 20.0. The van der Waals surface area contributed by atoms with E-state index in [4.69, 9.17) is 9.84 Å². The first kappa shape index (κ1) is 29.7. The molecular weight excluding hydrogens is 662 g/mol. The molecule has 9 heteroatoms. The highest BCUT2D eigenvalue weighted by atomic mass is 79.9. The number of nitrogens with zero attached hydrogens (tertiary/aromatic N) is 1. The number of carbonyl (C=O) groups excluding carboxylic acids is 1. The average Bonchev–Trinajstić information content (AvgIpc) is 3.32. The molecule has 0 saturated heterocycles. The van der Waals surface area contributed by atoms with Crippen LogP contribution in [0.15, 0.2) is 94.3 Å². The lowest BCUT2D eigenvalue weighted by atomic mass is 10.0. The molecular formula is C33H31Br2N3O4. The lowest BCUT2D eigenvalue weighted by Crippen LogP contribution is -2.26. The lowest BCUT2D eigenvalue weighted by Gasteiger charge is -2.19. The number of aromatic carboxylic acids is 1. The maximum atomic E-state index is 12.0. The Morgan fingerprint density at radius 1 is 0.881 bits per heavy atom. The number of rotatable bonds is 2. The third kappa shape index (κ3) is 6.63. The van der Waals surface area contributed by atoms with Crippen LogP contribution in [0.25, 0.3) is 32.7 Å². The molecule has 3 aromatic heterocycles. The minimum Gasteiger partial charge on any atom is -0.478 e. The highest BCUT2D eigenvalue weighted by Crippen LogP contribution is 2.43. The molecule has 3 aromatic carbocycles. The van der Waals surface area contributed by atoms with E-state index in [0.717, 1.165) is 30.8 Å². The monoisotopic (exact) mass is 691 g/mol. The number of fused-ring (bicyclic) bond motifs is 3. The van der Waals surface area contributed by atoms with E-state index in [0.29, 0.717) is 11.5 Å². The van der Waals surface area contributed by atoms with E-state index >= 15 is 0 Å². The quantitative estimate of drug-likeness (QED) is 0.168. The summed E-state index contributed by atoms with van der Waals surface area (Å²) in [6.45, 7) is 5.56. The van der Waals surface area contributed by atoms with E-state index in [1.54, 1.807) is 12.4 Å². The zero-order valence-corrected chi connectivity index (χ0v) is 26.6. The number of nitrogens with one attached hydrogen (secondary N) is 2. The zero-order valence-electron chi connectivity index (χ0n) is 23.4. The Kier molecular flexibility index (Phi) is 8.61. The van der Waals surface area contributed by atoms with Crippen molar-refractivity contribution in [3.63, 3.8) is 0 Å². The van der Waals surface area contributed by atoms with Gasteiger partial charge in [0.05, 0.1) is 11.1 Å². The number of carboxylic acids is 1. The van der Waals surface area contributed by atoms with Crippen molar-refractivity contribution in [2.45, 2.75) is 45.1 Å². The molecule has 3 N–H and O–H groups in total. The SMILES string of the molecule is Brc1cccc2[nH]ccc12.CC(C)(C)OC(=O)n1ccc2c(Br)cccc21.O=C(O)c1c[nH]c2cccc(C3CC3)c12. The Labute approximate surface area is 260 Å². The maximum absolute atomic E-state index is 12.0. The molecule has 0 spiro atoms. The van der Waals surface area contributed by atoms with E-state index in [-0.39, 0.29) is 6.09 Å². The van der Waals surface area contributed by atoms with E-state index in [1.165, 1.54) is 33.9 Å². The van der Waals surface area contributed by atoms with Gasteiger partial charge in [-0.1, -0.05) is 56.1 Å². The Balaban J connectivity index is 0.000000130. The molecule has 1 fully saturated rings. The van der Waals surface area contributed by atoms with Crippen LogP contribution in [0.3, 0.4) is 0 Å². The van der Waals surface area contributed by atoms with E-state index in [9.17, 15) is 9.59 Å². The molecule has 0 atom stereocenters. The van der Waals surface area contributed by atoms with E-state index < -0.39 is 11.6 Å². The first-order valence-corrected chi connectivity index (χ1v) is 15.2. The van der Waals surface area contributed by atoms with Crippen LogP contribution in [-0.2, 0) is 4.74 Å². The molecule has 42 heavy (non-hydrogen) atoms. The van der Waals surface area contributed by atoms with Crippen LogP contribution in [0.4, 0.5) is 4.79 Å². The molecule has 0 bridgehead atoms. The van der Waals surface area contributed by atoms with E-state index in [2.05, 4.69) is 54.0 Å². The Morgan fingerprint density at radius 3 is 2.21 bits per heavy atom. The van der Waals surface area contributed by atoms with Crippen molar-refractivity contribution in [3.05, 3.63) is 105 Å². The Morgan fingerprint density at radius 2 is 1.55 bits per heavy atom. The van der Waals surface area contributed by atoms with Gasteiger partial charge in [-0.05, 0) is 87.6 Å². The summed E-state index contributed by atoms with van der Waals surface area (Å²) in [5.41, 5.74) is 4.04. The number of H-pyrrole nitrogens is 2. The highest BCUT2D eigenvalue weighted by molar-refractivity contribution is 9.11. The second-order valence-corrected chi connectivity index (χ2v) is 12.8. The van der Waals surface area contributed by atoms with Gasteiger partial charge in [-0.25, -0.2) is 9.59 Å². The van der Waals surface area contributed by atoms with Crippen LogP contribution in [0.1, 0.15) is 55.5 Å². The topological polar surface area (TPSA) is 100 Å². The highest BCUT2D eigenvalue weighted by Gasteiger charge is 2.27. The van der Waals surface area contributed by atoms with Crippen molar-refractivity contribution in [1.29, 1.82) is 0 Å².